The summed E-state index contributed by atoms with van der Waals surface area (Å²) in [5, 5.41) is 3.13. The average molecular weight is 439 g/mol. The molecule has 0 saturated heterocycles. The maximum absolute atomic E-state index is 12.6. The van der Waals surface area contributed by atoms with Gasteiger partial charge in [-0.2, -0.15) is 0 Å². The predicted octanol–water partition coefficient (Wildman–Crippen LogP) is 3.56. The van der Waals surface area contributed by atoms with E-state index in [4.69, 9.17) is 16.3 Å². The molecule has 0 fully saturated rings. The van der Waals surface area contributed by atoms with Gasteiger partial charge in [-0.15, -0.1) is 0 Å². The van der Waals surface area contributed by atoms with Gasteiger partial charge in [-0.25, -0.2) is 8.42 Å². The molecule has 1 atom stereocenters. The molecule has 0 radical (unpaired) electrons. The first-order valence-electron chi connectivity index (χ1n) is 9.38. The number of aryl methyl sites for hydroxylation is 2. The van der Waals surface area contributed by atoms with E-state index in [1.54, 1.807) is 32.0 Å². The van der Waals surface area contributed by atoms with Crippen LogP contribution in [0.2, 0.25) is 5.02 Å². The van der Waals surface area contributed by atoms with Crippen LogP contribution >= 0.6 is 11.6 Å². The number of nitrogens with one attached hydrogen (secondary N) is 1. The molecule has 0 heterocycles. The van der Waals surface area contributed by atoms with Crippen LogP contribution in [-0.4, -0.2) is 39.8 Å². The zero-order chi connectivity index (χ0) is 21.6. The zero-order valence-corrected chi connectivity index (χ0v) is 18.7. The molecule has 6 nitrogen and oxygen atoms in total. The minimum absolute atomic E-state index is 0.255. The summed E-state index contributed by atoms with van der Waals surface area (Å²) < 4.78 is 31.5. The van der Waals surface area contributed by atoms with E-state index in [0.29, 0.717) is 16.3 Å². The van der Waals surface area contributed by atoms with E-state index in [0.717, 1.165) is 22.7 Å². The second-order valence-electron chi connectivity index (χ2n) is 6.80. The van der Waals surface area contributed by atoms with Crippen LogP contribution in [0.4, 0.5) is 5.69 Å². The Balaban J connectivity index is 2.01. The molecule has 1 amide bonds. The normalized spacial score (nSPS) is 12.3. The van der Waals surface area contributed by atoms with Crippen molar-refractivity contribution in [3.8, 4) is 5.75 Å². The minimum Gasteiger partial charge on any atom is -0.492 e. The van der Waals surface area contributed by atoms with Gasteiger partial charge in [0, 0.05) is 5.02 Å². The fraction of sp³-hybridized carbons (Fsp3) is 0.381. The van der Waals surface area contributed by atoms with Gasteiger partial charge in [-0.05, 0) is 55.7 Å². The highest BCUT2D eigenvalue weighted by Gasteiger charge is 2.30. The molecule has 8 heteroatoms. The van der Waals surface area contributed by atoms with Gasteiger partial charge in [0.1, 0.15) is 18.4 Å². The molecular formula is C21H27ClN2O4S. The number of amides is 1. The van der Waals surface area contributed by atoms with Gasteiger partial charge in [-0.1, -0.05) is 36.7 Å². The highest BCUT2D eigenvalue weighted by Crippen LogP contribution is 2.28. The number of hydrogen-bond acceptors (Lipinski definition) is 4. The second kappa shape index (κ2) is 9.98. The lowest BCUT2D eigenvalue weighted by atomic mass is 10.2. The van der Waals surface area contributed by atoms with Gasteiger partial charge in [0.05, 0.1) is 18.5 Å². The quantitative estimate of drug-likeness (QED) is 0.607. The summed E-state index contributed by atoms with van der Waals surface area (Å²) in [5.74, 6) is 0.302. The first kappa shape index (κ1) is 23.0. The minimum atomic E-state index is -3.70. The Morgan fingerprint density at radius 1 is 1.21 bits per heavy atom. The van der Waals surface area contributed by atoms with E-state index in [1.807, 2.05) is 24.3 Å². The Morgan fingerprint density at radius 3 is 2.45 bits per heavy atom. The molecule has 0 aliphatic carbocycles. The van der Waals surface area contributed by atoms with Gasteiger partial charge >= 0.3 is 0 Å². The number of ether oxygens (including phenoxy) is 1. The summed E-state index contributed by atoms with van der Waals surface area (Å²) in [6, 6.07) is 11.8. The maximum atomic E-state index is 12.6. The number of carbonyl (C=O) groups is 1. The number of sulfonamides is 1. The number of rotatable bonds is 9. The molecular weight excluding hydrogens is 412 g/mol. The van der Waals surface area contributed by atoms with E-state index < -0.39 is 22.0 Å². The molecule has 29 heavy (non-hydrogen) atoms. The summed E-state index contributed by atoms with van der Waals surface area (Å²) in [6.45, 7) is 5.92. The topological polar surface area (TPSA) is 75.7 Å². The Hall–Kier alpha value is -2.25. The number of anilines is 1. The van der Waals surface area contributed by atoms with Crippen molar-refractivity contribution >= 4 is 33.2 Å². The van der Waals surface area contributed by atoms with E-state index in [9.17, 15) is 13.2 Å². The van der Waals surface area contributed by atoms with Crippen LogP contribution in [0.15, 0.2) is 42.5 Å². The van der Waals surface area contributed by atoms with Gasteiger partial charge in [-0.3, -0.25) is 9.10 Å². The fourth-order valence-electron chi connectivity index (χ4n) is 2.91. The lowest BCUT2D eigenvalue weighted by Gasteiger charge is -2.29. The molecule has 2 aromatic rings. The van der Waals surface area contributed by atoms with Crippen LogP contribution in [0.3, 0.4) is 0 Å². The first-order chi connectivity index (χ1) is 13.6. The standard InChI is InChI=1S/C21H27ClN2O4S/c1-5-17-7-10-19(11-8-17)28-13-12-23-21(25)16(3)24(29(4,26)27)20-14-18(22)9-6-15(20)2/h6-11,14,16H,5,12-13H2,1-4H3,(H,23,25)/t16-/m0/s1. The highest BCUT2D eigenvalue weighted by molar-refractivity contribution is 7.92. The van der Waals surface area contributed by atoms with Crippen LogP contribution in [0.25, 0.3) is 0 Å². The maximum Gasteiger partial charge on any atom is 0.243 e. The number of carbonyl (C=O) groups excluding carboxylic acids is 1. The SMILES string of the molecule is CCc1ccc(OCCNC(=O)[C@H](C)N(c2cc(Cl)ccc2C)S(C)(=O)=O)cc1. The number of nitrogens with zero attached hydrogens (tertiary/aromatic N) is 1. The van der Waals surface area contributed by atoms with Crippen LogP contribution < -0.4 is 14.4 Å². The van der Waals surface area contributed by atoms with Crippen molar-refractivity contribution < 1.29 is 17.9 Å². The molecule has 0 saturated carbocycles. The molecule has 0 spiro atoms. The summed E-state index contributed by atoms with van der Waals surface area (Å²) in [4.78, 5) is 12.6. The molecule has 1 N–H and O–H groups in total. The third-order valence-electron chi connectivity index (χ3n) is 4.50. The largest absolute Gasteiger partial charge is 0.492 e. The van der Waals surface area contributed by atoms with E-state index in [-0.39, 0.29) is 13.2 Å². The molecule has 0 aliphatic rings. The second-order valence-corrected chi connectivity index (χ2v) is 9.10. The zero-order valence-electron chi connectivity index (χ0n) is 17.1. The smallest absolute Gasteiger partial charge is 0.243 e. The number of benzene rings is 2. The van der Waals surface area contributed by atoms with Crippen LogP contribution in [0.5, 0.6) is 5.75 Å². The van der Waals surface area contributed by atoms with Crippen LogP contribution in [-0.2, 0) is 21.2 Å². The molecule has 2 aromatic carbocycles. The van der Waals surface area contributed by atoms with Crippen molar-refractivity contribution in [2.24, 2.45) is 0 Å². The van der Waals surface area contributed by atoms with Crippen molar-refractivity contribution in [1.29, 1.82) is 0 Å². The van der Waals surface area contributed by atoms with Crippen LogP contribution in [0.1, 0.15) is 25.0 Å². The lowest BCUT2D eigenvalue weighted by molar-refractivity contribution is -0.121. The van der Waals surface area contributed by atoms with E-state index in [2.05, 4.69) is 12.2 Å². The first-order valence-corrected chi connectivity index (χ1v) is 11.6. The van der Waals surface area contributed by atoms with E-state index in [1.165, 1.54) is 5.56 Å². The Morgan fingerprint density at radius 2 is 1.86 bits per heavy atom. The van der Waals surface area contributed by atoms with Gasteiger partial charge in [0.2, 0.25) is 15.9 Å². The van der Waals surface area contributed by atoms with Crippen molar-refractivity contribution in [1.82, 2.24) is 5.32 Å². The summed E-state index contributed by atoms with van der Waals surface area (Å²) in [6.07, 6.45) is 2.03. The number of halogens is 1. The monoisotopic (exact) mass is 438 g/mol. The summed E-state index contributed by atoms with van der Waals surface area (Å²) in [5.41, 5.74) is 2.31. The molecule has 2 rings (SSSR count). The molecule has 0 bridgehead atoms. The Kier molecular flexibility index (Phi) is 7.93. The van der Waals surface area contributed by atoms with Gasteiger partial charge < -0.3 is 10.1 Å². The van der Waals surface area contributed by atoms with Crippen molar-refractivity contribution in [3.63, 3.8) is 0 Å². The number of hydrogen-bond donors (Lipinski definition) is 1. The third kappa shape index (κ3) is 6.37. The molecule has 0 unspecified atom stereocenters. The Labute approximate surface area is 177 Å². The predicted molar refractivity (Wildman–Crippen MR) is 117 cm³/mol. The average Bonchev–Trinajstić information content (AvgIpc) is 2.67. The van der Waals surface area contributed by atoms with Gasteiger partial charge in [0.25, 0.3) is 0 Å². The summed E-state index contributed by atoms with van der Waals surface area (Å²) in [7, 11) is -3.70. The summed E-state index contributed by atoms with van der Waals surface area (Å²) >= 11 is 6.04. The lowest BCUT2D eigenvalue weighted by Crippen LogP contribution is -2.48. The molecule has 0 aromatic heterocycles. The van der Waals surface area contributed by atoms with Crippen molar-refractivity contribution in [2.75, 3.05) is 23.7 Å². The van der Waals surface area contributed by atoms with Crippen molar-refractivity contribution in [2.45, 2.75) is 33.2 Å². The Bertz CT molecular complexity index is 946. The fourth-order valence-corrected chi connectivity index (χ4v) is 4.30. The van der Waals surface area contributed by atoms with E-state index >= 15 is 0 Å². The third-order valence-corrected chi connectivity index (χ3v) is 5.96. The van der Waals surface area contributed by atoms with Crippen molar-refractivity contribution in [3.05, 3.63) is 58.6 Å². The van der Waals surface area contributed by atoms with Crippen LogP contribution in [0, 0.1) is 6.92 Å². The molecule has 158 valence electrons. The van der Waals surface area contributed by atoms with Gasteiger partial charge in [0.15, 0.2) is 0 Å². The molecule has 0 aliphatic heterocycles. The highest BCUT2D eigenvalue weighted by atomic mass is 35.5.